The molecule has 2 aliphatic rings. The van der Waals surface area contributed by atoms with Crippen molar-refractivity contribution in [3.8, 4) is 5.75 Å². The van der Waals surface area contributed by atoms with Gasteiger partial charge in [0.25, 0.3) is 5.91 Å². The van der Waals surface area contributed by atoms with Crippen molar-refractivity contribution in [2.75, 3.05) is 16.0 Å². The average molecular weight is 365 g/mol. The van der Waals surface area contributed by atoms with Crippen molar-refractivity contribution in [3.63, 3.8) is 0 Å². The molecule has 138 valence electrons. The zero-order valence-electron chi connectivity index (χ0n) is 15.0. The molecule has 1 aromatic carbocycles. The highest BCUT2D eigenvalue weighted by atomic mass is 16.5. The number of hydrogen-bond acceptors (Lipinski definition) is 7. The zero-order valence-corrected chi connectivity index (χ0v) is 15.0. The van der Waals surface area contributed by atoms with E-state index in [9.17, 15) is 4.79 Å². The van der Waals surface area contributed by atoms with Crippen LogP contribution in [0.4, 0.5) is 23.1 Å². The second-order valence-corrected chi connectivity index (χ2v) is 7.35. The van der Waals surface area contributed by atoms with Crippen molar-refractivity contribution in [1.29, 1.82) is 0 Å². The van der Waals surface area contributed by atoms with Crippen LogP contribution in [0.15, 0.2) is 34.9 Å². The highest BCUT2D eigenvalue weighted by molar-refractivity contribution is 6.00. The van der Waals surface area contributed by atoms with Crippen LogP contribution in [-0.2, 0) is 4.79 Å². The molecule has 2 aromatic heterocycles. The van der Waals surface area contributed by atoms with E-state index < -0.39 is 5.60 Å². The number of anilines is 4. The Morgan fingerprint density at radius 2 is 2.07 bits per heavy atom. The Hall–Kier alpha value is -3.29. The van der Waals surface area contributed by atoms with Crippen LogP contribution in [-0.4, -0.2) is 27.5 Å². The summed E-state index contributed by atoms with van der Waals surface area (Å²) in [7, 11) is 0. The van der Waals surface area contributed by atoms with Gasteiger partial charge in [0.05, 0.1) is 12.0 Å². The van der Waals surface area contributed by atoms with E-state index in [1.54, 1.807) is 26.2 Å². The third kappa shape index (κ3) is 2.92. The van der Waals surface area contributed by atoms with Crippen LogP contribution >= 0.6 is 0 Å². The number of ether oxygens (including phenoxy) is 1. The van der Waals surface area contributed by atoms with Crippen molar-refractivity contribution in [1.82, 2.24) is 9.97 Å². The summed E-state index contributed by atoms with van der Waals surface area (Å²) in [5.74, 6) is 1.59. The number of benzene rings is 1. The second-order valence-electron chi connectivity index (χ2n) is 7.35. The molecule has 0 spiro atoms. The summed E-state index contributed by atoms with van der Waals surface area (Å²) in [6.07, 6.45) is 3.88. The predicted octanol–water partition coefficient (Wildman–Crippen LogP) is 3.65. The lowest BCUT2D eigenvalue weighted by Crippen LogP contribution is -2.45. The van der Waals surface area contributed by atoms with Gasteiger partial charge in [0, 0.05) is 17.8 Å². The molecule has 1 amide bonds. The number of carbonyl (C=O) groups excluding carboxylic acids is 1. The smallest absolute Gasteiger partial charge is 0.268 e. The fraction of sp³-hybridized carbons (Fsp3) is 0.316. The van der Waals surface area contributed by atoms with Crippen LogP contribution in [0.5, 0.6) is 5.75 Å². The molecule has 8 heteroatoms. The van der Waals surface area contributed by atoms with E-state index in [1.807, 2.05) is 18.2 Å². The molecule has 5 rings (SSSR count). The molecule has 3 aromatic rings. The predicted molar refractivity (Wildman–Crippen MR) is 102 cm³/mol. The number of amides is 1. The van der Waals surface area contributed by atoms with E-state index in [0.29, 0.717) is 34.8 Å². The summed E-state index contributed by atoms with van der Waals surface area (Å²) >= 11 is 0. The lowest BCUT2D eigenvalue weighted by Gasteiger charge is -2.31. The lowest BCUT2D eigenvalue weighted by molar-refractivity contribution is -0.129. The molecule has 1 saturated carbocycles. The van der Waals surface area contributed by atoms with Gasteiger partial charge in [-0.25, -0.2) is 4.98 Å². The lowest BCUT2D eigenvalue weighted by atomic mass is 10.1. The minimum absolute atomic E-state index is 0.181. The number of nitrogens with one attached hydrogen (secondary N) is 3. The molecular weight excluding hydrogens is 346 g/mol. The summed E-state index contributed by atoms with van der Waals surface area (Å²) in [4.78, 5) is 21.2. The Morgan fingerprint density at radius 3 is 2.89 bits per heavy atom. The largest absolute Gasteiger partial charge is 0.476 e. The highest BCUT2D eigenvalue weighted by Crippen LogP contribution is 2.36. The topological polar surface area (TPSA) is 101 Å². The van der Waals surface area contributed by atoms with Gasteiger partial charge in [-0.15, -0.1) is 0 Å². The molecule has 0 radical (unpaired) electrons. The number of hydrogen-bond donors (Lipinski definition) is 3. The van der Waals surface area contributed by atoms with Crippen LogP contribution < -0.4 is 20.7 Å². The van der Waals surface area contributed by atoms with E-state index in [-0.39, 0.29) is 5.91 Å². The standard InChI is InChI=1S/C19H19N5O3/c1-19(2)17(25)22-13-9-11(5-6-14(13)27-19)21-18-23-12-7-8-26-15(12)16(24-18)20-10-3-4-10/h5-10H,3-4H2,1-2H3,(H,22,25)(H2,20,21,23,24). The van der Waals surface area contributed by atoms with Gasteiger partial charge in [-0.1, -0.05) is 0 Å². The molecular formula is C19H19N5O3. The van der Waals surface area contributed by atoms with Crippen LogP contribution in [0.1, 0.15) is 26.7 Å². The molecule has 0 bridgehead atoms. The summed E-state index contributed by atoms with van der Waals surface area (Å²) in [5, 5.41) is 9.44. The van der Waals surface area contributed by atoms with E-state index in [0.717, 1.165) is 24.0 Å². The van der Waals surface area contributed by atoms with Crippen LogP contribution in [0.25, 0.3) is 11.1 Å². The number of nitrogens with zero attached hydrogens (tertiary/aromatic N) is 2. The van der Waals surface area contributed by atoms with Gasteiger partial charge in [0.2, 0.25) is 5.95 Å². The van der Waals surface area contributed by atoms with E-state index in [4.69, 9.17) is 9.15 Å². The van der Waals surface area contributed by atoms with Crippen LogP contribution in [0.2, 0.25) is 0 Å². The first-order valence-electron chi connectivity index (χ1n) is 8.91. The minimum atomic E-state index is -0.888. The molecule has 0 saturated heterocycles. The van der Waals surface area contributed by atoms with Crippen molar-refractivity contribution >= 4 is 40.1 Å². The van der Waals surface area contributed by atoms with E-state index >= 15 is 0 Å². The van der Waals surface area contributed by atoms with Crippen molar-refractivity contribution in [2.45, 2.75) is 38.3 Å². The molecule has 1 fully saturated rings. The molecule has 0 atom stereocenters. The molecule has 1 aliphatic heterocycles. The van der Waals surface area contributed by atoms with Crippen LogP contribution in [0.3, 0.4) is 0 Å². The van der Waals surface area contributed by atoms with Crippen molar-refractivity contribution in [2.24, 2.45) is 0 Å². The van der Waals surface area contributed by atoms with Gasteiger partial charge in [0.1, 0.15) is 11.3 Å². The zero-order chi connectivity index (χ0) is 18.6. The van der Waals surface area contributed by atoms with Gasteiger partial charge in [-0.3, -0.25) is 4.79 Å². The number of aromatic nitrogens is 2. The first-order valence-corrected chi connectivity index (χ1v) is 8.91. The Labute approximate surface area is 155 Å². The maximum absolute atomic E-state index is 12.1. The monoisotopic (exact) mass is 365 g/mol. The van der Waals surface area contributed by atoms with Gasteiger partial charge in [0.15, 0.2) is 17.0 Å². The Balaban J connectivity index is 1.45. The molecule has 8 nitrogen and oxygen atoms in total. The number of carbonyl (C=O) groups is 1. The van der Waals surface area contributed by atoms with Crippen molar-refractivity contribution < 1.29 is 13.9 Å². The number of rotatable bonds is 4. The molecule has 0 unspecified atom stereocenters. The third-order valence-electron chi connectivity index (χ3n) is 4.62. The van der Waals surface area contributed by atoms with Gasteiger partial charge in [-0.05, 0) is 44.9 Å². The second kappa shape index (κ2) is 5.60. The van der Waals surface area contributed by atoms with Crippen molar-refractivity contribution in [3.05, 3.63) is 30.5 Å². The van der Waals surface area contributed by atoms with Gasteiger partial charge < -0.3 is 25.1 Å². The minimum Gasteiger partial charge on any atom is -0.476 e. The quantitative estimate of drug-likeness (QED) is 0.649. The maximum Gasteiger partial charge on any atom is 0.268 e. The van der Waals surface area contributed by atoms with E-state index in [2.05, 4.69) is 25.9 Å². The molecule has 3 N–H and O–H groups in total. The highest BCUT2D eigenvalue weighted by Gasteiger charge is 2.35. The third-order valence-corrected chi connectivity index (χ3v) is 4.62. The molecule has 3 heterocycles. The average Bonchev–Trinajstić information content (AvgIpc) is 3.30. The van der Waals surface area contributed by atoms with E-state index in [1.165, 1.54) is 0 Å². The van der Waals surface area contributed by atoms with Gasteiger partial charge >= 0.3 is 0 Å². The summed E-state index contributed by atoms with van der Waals surface area (Å²) < 4.78 is 11.3. The van der Waals surface area contributed by atoms with Crippen LogP contribution in [0, 0.1) is 0 Å². The Kier molecular flexibility index (Phi) is 3.30. The number of furan rings is 1. The fourth-order valence-electron chi connectivity index (χ4n) is 2.96. The summed E-state index contributed by atoms with van der Waals surface area (Å²) in [5.41, 5.74) is 1.86. The fourth-order valence-corrected chi connectivity index (χ4v) is 2.96. The Bertz CT molecular complexity index is 1050. The summed E-state index contributed by atoms with van der Waals surface area (Å²) in [6, 6.07) is 7.74. The van der Waals surface area contributed by atoms with Gasteiger partial charge in [-0.2, -0.15) is 4.98 Å². The number of fused-ring (bicyclic) bond motifs is 2. The first kappa shape index (κ1) is 15.9. The molecule has 1 aliphatic carbocycles. The first-order chi connectivity index (χ1) is 13.0. The normalized spacial score (nSPS) is 17.8. The Morgan fingerprint density at radius 1 is 1.22 bits per heavy atom. The maximum atomic E-state index is 12.1. The SMILES string of the molecule is CC1(C)Oc2ccc(Nc3nc(NC4CC4)c4occc4n3)cc2NC1=O. The molecule has 27 heavy (non-hydrogen) atoms. The summed E-state index contributed by atoms with van der Waals surface area (Å²) in [6.45, 7) is 3.47.